The van der Waals surface area contributed by atoms with Crippen LogP contribution in [-0.4, -0.2) is 35.6 Å². The molecule has 2 nitrogen and oxygen atoms in total. The fourth-order valence-electron chi connectivity index (χ4n) is 2.11. The molecule has 0 aliphatic carbocycles. The Balaban J connectivity index is 1.69. The number of hydrazine groups is 1. The number of piperidine rings is 1. The largest absolute Gasteiger partial charge is 0.252 e. The number of nitrogens with one attached hydrogen (secondary N) is 1. The van der Waals surface area contributed by atoms with E-state index in [-0.39, 0.29) is 0 Å². The maximum absolute atomic E-state index is 3.68. The van der Waals surface area contributed by atoms with Crippen molar-refractivity contribution in [2.24, 2.45) is 0 Å². The number of nitrogens with zero attached hydrogens (tertiary/aromatic N) is 1. The maximum atomic E-state index is 3.68. The van der Waals surface area contributed by atoms with Gasteiger partial charge in [-0.15, -0.1) is 0 Å². The maximum Gasteiger partial charge on any atom is 0.0231 e. The summed E-state index contributed by atoms with van der Waals surface area (Å²) < 4.78 is 0. The molecule has 2 saturated heterocycles. The molecule has 0 spiro atoms. The predicted molar refractivity (Wildman–Crippen MR) is 58.9 cm³/mol. The van der Waals surface area contributed by atoms with E-state index in [1.165, 1.54) is 56.7 Å². The van der Waals surface area contributed by atoms with Crippen LogP contribution in [-0.2, 0) is 0 Å². The minimum absolute atomic E-state index is 0.777. The van der Waals surface area contributed by atoms with Gasteiger partial charge in [-0.3, -0.25) is 5.43 Å². The second kappa shape index (κ2) is 5.23. The first-order valence-electron chi connectivity index (χ1n) is 5.54. The van der Waals surface area contributed by atoms with Gasteiger partial charge in [-0.2, -0.15) is 11.8 Å². The Hall–Kier alpha value is 0.270. The third-order valence-electron chi connectivity index (χ3n) is 2.94. The normalized spacial score (nSPS) is 27.7. The molecule has 0 bridgehead atoms. The summed E-state index contributed by atoms with van der Waals surface area (Å²) in [6.45, 7) is 2.54. The molecule has 2 rings (SSSR count). The molecule has 2 aliphatic rings. The summed E-state index contributed by atoms with van der Waals surface area (Å²) >= 11 is 2.10. The van der Waals surface area contributed by atoms with E-state index in [0.717, 1.165) is 6.04 Å². The average molecular weight is 200 g/mol. The molecule has 0 amide bonds. The fourth-order valence-corrected chi connectivity index (χ4v) is 3.21. The van der Waals surface area contributed by atoms with Crippen molar-refractivity contribution in [1.82, 2.24) is 10.4 Å². The molecule has 0 aromatic rings. The minimum Gasteiger partial charge on any atom is -0.252 e. The molecule has 0 atom stereocenters. The second-order valence-electron chi connectivity index (χ2n) is 4.06. The van der Waals surface area contributed by atoms with Crippen LogP contribution in [0.25, 0.3) is 0 Å². The molecular weight excluding hydrogens is 180 g/mol. The zero-order chi connectivity index (χ0) is 8.93. The Bertz CT molecular complexity index is 124. The highest BCUT2D eigenvalue weighted by atomic mass is 32.2. The molecule has 3 heteroatoms. The van der Waals surface area contributed by atoms with Gasteiger partial charge in [0, 0.05) is 19.1 Å². The highest BCUT2D eigenvalue weighted by Crippen LogP contribution is 2.18. The molecule has 0 saturated carbocycles. The van der Waals surface area contributed by atoms with Gasteiger partial charge in [-0.25, -0.2) is 5.01 Å². The minimum atomic E-state index is 0.777. The lowest BCUT2D eigenvalue weighted by molar-refractivity contribution is 0.125. The first-order valence-corrected chi connectivity index (χ1v) is 6.69. The van der Waals surface area contributed by atoms with Crippen LogP contribution in [0, 0.1) is 0 Å². The highest BCUT2D eigenvalue weighted by Gasteiger charge is 2.17. The van der Waals surface area contributed by atoms with Crippen molar-refractivity contribution >= 4 is 11.8 Å². The molecule has 0 radical (unpaired) electrons. The molecule has 0 aromatic carbocycles. The van der Waals surface area contributed by atoms with E-state index < -0.39 is 0 Å². The van der Waals surface area contributed by atoms with Crippen LogP contribution in [0.2, 0.25) is 0 Å². The van der Waals surface area contributed by atoms with Crippen molar-refractivity contribution in [3.63, 3.8) is 0 Å². The van der Waals surface area contributed by atoms with E-state index in [4.69, 9.17) is 0 Å². The molecule has 2 heterocycles. The summed E-state index contributed by atoms with van der Waals surface area (Å²) in [5.74, 6) is 2.71. The van der Waals surface area contributed by atoms with Gasteiger partial charge in [0.1, 0.15) is 0 Å². The number of hydrogen-bond donors (Lipinski definition) is 1. The first-order chi connectivity index (χ1) is 6.45. The van der Waals surface area contributed by atoms with Crippen molar-refractivity contribution in [2.75, 3.05) is 24.6 Å². The van der Waals surface area contributed by atoms with Gasteiger partial charge in [0.2, 0.25) is 0 Å². The van der Waals surface area contributed by atoms with Crippen molar-refractivity contribution in [2.45, 2.75) is 38.1 Å². The topological polar surface area (TPSA) is 15.3 Å². The van der Waals surface area contributed by atoms with E-state index in [1.54, 1.807) is 0 Å². The number of hydrogen-bond acceptors (Lipinski definition) is 3. The SMILES string of the molecule is C1CCN(NC2CCSCC2)CC1. The Morgan fingerprint density at radius 2 is 1.69 bits per heavy atom. The molecule has 76 valence electrons. The van der Waals surface area contributed by atoms with Crippen molar-refractivity contribution < 1.29 is 0 Å². The van der Waals surface area contributed by atoms with E-state index in [2.05, 4.69) is 22.2 Å². The molecular formula is C10H20N2S. The van der Waals surface area contributed by atoms with Gasteiger partial charge in [0.15, 0.2) is 0 Å². The Labute approximate surface area is 85.4 Å². The van der Waals surface area contributed by atoms with Gasteiger partial charge < -0.3 is 0 Å². The van der Waals surface area contributed by atoms with Crippen molar-refractivity contribution in [1.29, 1.82) is 0 Å². The monoisotopic (exact) mass is 200 g/mol. The van der Waals surface area contributed by atoms with Crippen LogP contribution in [0.1, 0.15) is 32.1 Å². The summed E-state index contributed by atoms with van der Waals surface area (Å²) in [6.07, 6.45) is 6.92. The predicted octanol–water partition coefficient (Wildman–Crippen LogP) is 1.87. The summed E-state index contributed by atoms with van der Waals surface area (Å²) in [7, 11) is 0. The molecule has 13 heavy (non-hydrogen) atoms. The van der Waals surface area contributed by atoms with Crippen LogP contribution < -0.4 is 5.43 Å². The van der Waals surface area contributed by atoms with E-state index in [1.807, 2.05) is 0 Å². The lowest BCUT2D eigenvalue weighted by Gasteiger charge is -2.33. The van der Waals surface area contributed by atoms with Crippen LogP contribution >= 0.6 is 11.8 Å². The number of rotatable bonds is 2. The van der Waals surface area contributed by atoms with Gasteiger partial charge in [0.25, 0.3) is 0 Å². The van der Waals surface area contributed by atoms with E-state index in [9.17, 15) is 0 Å². The third kappa shape index (κ3) is 3.15. The third-order valence-corrected chi connectivity index (χ3v) is 3.99. The molecule has 0 aromatic heterocycles. The number of thioether (sulfide) groups is 1. The summed E-state index contributed by atoms with van der Waals surface area (Å²) in [6, 6.07) is 0.777. The standard InChI is InChI=1S/C10H20N2S/c1-2-6-12(7-3-1)11-10-4-8-13-9-5-10/h10-11H,1-9H2. The van der Waals surface area contributed by atoms with E-state index in [0.29, 0.717) is 0 Å². The smallest absolute Gasteiger partial charge is 0.0231 e. The summed E-state index contributed by atoms with van der Waals surface area (Å²) in [5, 5.41) is 2.45. The van der Waals surface area contributed by atoms with Crippen LogP contribution in [0.5, 0.6) is 0 Å². The summed E-state index contributed by atoms with van der Waals surface area (Å²) in [5.41, 5.74) is 3.68. The molecule has 0 unspecified atom stereocenters. The average Bonchev–Trinajstić information content (AvgIpc) is 2.21. The van der Waals surface area contributed by atoms with Gasteiger partial charge in [-0.05, 0) is 37.2 Å². The lowest BCUT2D eigenvalue weighted by Crippen LogP contribution is -2.48. The molecule has 2 aliphatic heterocycles. The summed E-state index contributed by atoms with van der Waals surface area (Å²) in [4.78, 5) is 0. The molecule has 1 N–H and O–H groups in total. The van der Waals surface area contributed by atoms with Crippen molar-refractivity contribution in [3.8, 4) is 0 Å². The van der Waals surface area contributed by atoms with Gasteiger partial charge >= 0.3 is 0 Å². The van der Waals surface area contributed by atoms with Crippen LogP contribution in [0.15, 0.2) is 0 Å². The van der Waals surface area contributed by atoms with Crippen molar-refractivity contribution in [3.05, 3.63) is 0 Å². The molecule has 2 fully saturated rings. The Morgan fingerprint density at radius 3 is 2.38 bits per heavy atom. The van der Waals surface area contributed by atoms with Crippen LogP contribution in [0.3, 0.4) is 0 Å². The van der Waals surface area contributed by atoms with Gasteiger partial charge in [-0.1, -0.05) is 6.42 Å². The lowest BCUT2D eigenvalue weighted by atomic mass is 10.1. The highest BCUT2D eigenvalue weighted by molar-refractivity contribution is 7.99. The quantitative estimate of drug-likeness (QED) is 0.732. The van der Waals surface area contributed by atoms with Crippen LogP contribution in [0.4, 0.5) is 0 Å². The van der Waals surface area contributed by atoms with E-state index >= 15 is 0 Å². The fraction of sp³-hybridized carbons (Fsp3) is 1.00. The Morgan fingerprint density at radius 1 is 1.00 bits per heavy atom. The first kappa shape index (κ1) is 9.81. The zero-order valence-electron chi connectivity index (χ0n) is 8.30. The Kier molecular flexibility index (Phi) is 3.94. The zero-order valence-corrected chi connectivity index (χ0v) is 9.11. The second-order valence-corrected chi connectivity index (χ2v) is 5.29. The van der Waals surface area contributed by atoms with Gasteiger partial charge in [0.05, 0.1) is 0 Å².